The molecule has 2 aliphatic heterocycles. The predicted octanol–water partition coefficient (Wildman–Crippen LogP) is 5.05. The third-order valence-corrected chi connectivity index (χ3v) is 6.21. The molecule has 2 aliphatic rings. The zero-order valence-corrected chi connectivity index (χ0v) is 19.0. The Balaban J connectivity index is 0.000000139. The Morgan fingerprint density at radius 2 is 1.42 bits per heavy atom. The molecular weight excluding hydrogens is 555 g/mol. The van der Waals surface area contributed by atoms with Crippen LogP contribution in [0.4, 0.5) is 17.6 Å². The van der Waals surface area contributed by atoms with Crippen LogP contribution in [0.25, 0.3) is 22.5 Å². The van der Waals surface area contributed by atoms with Crippen LogP contribution >= 0.6 is 22.6 Å². The number of aromatic nitrogens is 4. The molecule has 0 spiro atoms. The summed E-state index contributed by atoms with van der Waals surface area (Å²) in [5, 5.41) is 0. The van der Waals surface area contributed by atoms with Gasteiger partial charge in [0.1, 0.15) is 45.9 Å². The fraction of sp³-hybridized carbons (Fsp3) is 0.182. The van der Waals surface area contributed by atoms with Gasteiger partial charge in [0.2, 0.25) is 0 Å². The lowest BCUT2D eigenvalue weighted by atomic mass is 10.1. The summed E-state index contributed by atoms with van der Waals surface area (Å²) >= 11 is 2.09. The molecule has 0 fully saturated rings. The van der Waals surface area contributed by atoms with Crippen molar-refractivity contribution in [3.05, 3.63) is 69.6 Å². The first-order valence-electron chi connectivity index (χ1n) is 9.90. The molecule has 0 bridgehead atoms. The molecule has 2 aromatic carbocycles. The van der Waals surface area contributed by atoms with Gasteiger partial charge in [-0.25, -0.2) is 17.6 Å². The zero-order chi connectivity index (χ0) is 23.1. The van der Waals surface area contributed by atoms with E-state index in [9.17, 15) is 17.6 Å². The van der Waals surface area contributed by atoms with E-state index in [4.69, 9.17) is 9.47 Å². The van der Waals surface area contributed by atoms with Gasteiger partial charge >= 0.3 is 0 Å². The third kappa shape index (κ3) is 4.16. The Morgan fingerprint density at radius 3 is 2.06 bits per heavy atom. The summed E-state index contributed by atoms with van der Waals surface area (Å²) in [7, 11) is 0. The topological polar surface area (TPSA) is 54.1 Å². The number of hydrogen-bond donors (Lipinski definition) is 0. The Hall–Kier alpha value is -3.09. The van der Waals surface area contributed by atoms with Crippen LogP contribution < -0.4 is 9.47 Å². The molecule has 4 aromatic rings. The summed E-state index contributed by atoms with van der Waals surface area (Å²) in [6.07, 6.45) is 1.71. The minimum Gasteiger partial charge on any atom is -0.463 e. The highest BCUT2D eigenvalue weighted by Gasteiger charge is 2.23. The summed E-state index contributed by atoms with van der Waals surface area (Å²) in [5.41, 5.74) is 1.54. The average molecular weight is 570 g/mol. The molecule has 4 heterocycles. The van der Waals surface area contributed by atoms with E-state index in [2.05, 4.69) is 32.6 Å². The zero-order valence-electron chi connectivity index (χ0n) is 16.9. The summed E-state index contributed by atoms with van der Waals surface area (Å²) in [5.74, 6) is -2.41. The van der Waals surface area contributed by atoms with Crippen LogP contribution in [0.15, 0.2) is 42.6 Å². The third-order valence-electron chi connectivity index (χ3n) is 5.11. The normalized spacial score (nSPS) is 13.6. The van der Waals surface area contributed by atoms with Crippen LogP contribution in [0.5, 0.6) is 12.0 Å². The molecule has 2 aromatic heterocycles. The summed E-state index contributed by atoms with van der Waals surface area (Å²) < 4.78 is 67.7. The molecule has 0 saturated carbocycles. The molecule has 0 saturated heterocycles. The van der Waals surface area contributed by atoms with Crippen molar-refractivity contribution in [1.29, 1.82) is 0 Å². The maximum atomic E-state index is 13.6. The highest BCUT2D eigenvalue weighted by atomic mass is 127. The van der Waals surface area contributed by atoms with Gasteiger partial charge in [0.15, 0.2) is 0 Å². The molecule has 0 radical (unpaired) electrons. The predicted molar refractivity (Wildman–Crippen MR) is 119 cm³/mol. The quantitative estimate of drug-likeness (QED) is 0.250. The minimum atomic E-state index is -0.614. The van der Waals surface area contributed by atoms with E-state index in [1.54, 1.807) is 10.8 Å². The second-order valence-electron chi connectivity index (χ2n) is 7.23. The van der Waals surface area contributed by atoms with Crippen LogP contribution in [-0.4, -0.2) is 32.3 Å². The SMILES string of the molecule is Fc1ccc(-c2cn3c(n2)OCC3)c(F)c1.Fc1ccc(-c2nc3n(c2I)CCO3)c(F)c1. The molecule has 0 N–H and O–H groups in total. The van der Waals surface area contributed by atoms with Crippen LogP contribution in [0, 0.1) is 27.0 Å². The molecule has 0 amide bonds. The lowest BCUT2D eigenvalue weighted by molar-refractivity contribution is 0.345. The fourth-order valence-corrected chi connectivity index (χ4v) is 4.39. The second kappa shape index (κ2) is 8.69. The Kier molecular flexibility index (Phi) is 5.72. The largest absolute Gasteiger partial charge is 0.463 e. The summed E-state index contributed by atoms with van der Waals surface area (Å²) in [6, 6.07) is 7.89. The van der Waals surface area contributed by atoms with E-state index >= 15 is 0 Å². The number of fused-ring (bicyclic) bond motifs is 2. The van der Waals surface area contributed by atoms with Crippen molar-refractivity contribution in [2.45, 2.75) is 13.1 Å². The van der Waals surface area contributed by atoms with Crippen LogP contribution in [-0.2, 0) is 13.1 Å². The highest BCUT2D eigenvalue weighted by Crippen LogP contribution is 2.32. The van der Waals surface area contributed by atoms with E-state index in [0.29, 0.717) is 55.3 Å². The number of hydrogen-bond acceptors (Lipinski definition) is 4. The molecule has 33 heavy (non-hydrogen) atoms. The van der Waals surface area contributed by atoms with Gasteiger partial charge in [-0.2, -0.15) is 9.97 Å². The van der Waals surface area contributed by atoms with E-state index in [0.717, 1.165) is 15.8 Å². The van der Waals surface area contributed by atoms with Crippen molar-refractivity contribution in [3.8, 4) is 34.5 Å². The van der Waals surface area contributed by atoms with Crippen molar-refractivity contribution in [3.63, 3.8) is 0 Å². The highest BCUT2D eigenvalue weighted by molar-refractivity contribution is 14.1. The van der Waals surface area contributed by atoms with Crippen LogP contribution in [0.3, 0.4) is 0 Å². The Morgan fingerprint density at radius 1 is 0.788 bits per heavy atom. The molecule has 11 heteroatoms. The number of imidazole rings is 2. The van der Waals surface area contributed by atoms with Gasteiger partial charge in [0, 0.05) is 29.5 Å². The van der Waals surface area contributed by atoms with E-state index in [1.807, 2.05) is 4.57 Å². The van der Waals surface area contributed by atoms with Crippen molar-refractivity contribution in [1.82, 2.24) is 19.1 Å². The van der Waals surface area contributed by atoms with Gasteiger partial charge in [0.05, 0.1) is 18.8 Å². The van der Waals surface area contributed by atoms with Gasteiger partial charge in [-0.3, -0.25) is 9.13 Å². The first-order valence-corrected chi connectivity index (χ1v) is 11.0. The molecule has 0 unspecified atom stereocenters. The van der Waals surface area contributed by atoms with Crippen molar-refractivity contribution >= 4 is 22.6 Å². The number of benzene rings is 2. The Bertz CT molecular complexity index is 1330. The number of halogens is 5. The van der Waals surface area contributed by atoms with Gasteiger partial charge in [-0.1, -0.05) is 0 Å². The maximum Gasteiger partial charge on any atom is 0.297 e. The van der Waals surface area contributed by atoms with Gasteiger partial charge in [0.25, 0.3) is 12.0 Å². The van der Waals surface area contributed by atoms with E-state index in [-0.39, 0.29) is 5.56 Å². The molecule has 6 nitrogen and oxygen atoms in total. The van der Waals surface area contributed by atoms with Gasteiger partial charge in [-0.15, -0.1) is 0 Å². The number of nitrogens with zero attached hydrogens (tertiary/aromatic N) is 4. The van der Waals surface area contributed by atoms with Crippen molar-refractivity contribution in [2.24, 2.45) is 0 Å². The first-order chi connectivity index (χ1) is 15.9. The van der Waals surface area contributed by atoms with E-state index in [1.165, 1.54) is 24.3 Å². The summed E-state index contributed by atoms with van der Waals surface area (Å²) in [6.45, 7) is 2.60. The standard InChI is InChI=1S/C11H7F2IN2O.C11H8F2N2O/c12-6-1-2-7(8(13)5-6)9-10(14)16-3-4-17-11(16)15-9;12-7-1-2-8(9(13)5-7)10-6-15-3-4-16-11(15)14-10/h1-2,5H,3-4H2;1-2,5-6H,3-4H2. The lowest BCUT2D eigenvalue weighted by Crippen LogP contribution is -1.97. The molecule has 0 aliphatic carbocycles. The minimum absolute atomic E-state index is 0.284. The average Bonchev–Trinajstić information content (AvgIpc) is 3.52. The van der Waals surface area contributed by atoms with Gasteiger partial charge in [-0.05, 0) is 46.9 Å². The molecule has 170 valence electrons. The molecular formula is C22H15F4IN4O2. The molecule has 0 atom stereocenters. The van der Waals surface area contributed by atoms with E-state index < -0.39 is 23.3 Å². The number of ether oxygens (including phenoxy) is 2. The molecule has 6 rings (SSSR count). The summed E-state index contributed by atoms with van der Waals surface area (Å²) in [4.78, 5) is 8.35. The smallest absolute Gasteiger partial charge is 0.297 e. The Labute approximate surface area is 198 Å². The van der Waals surface area contributed by atoms with Gasteiger partial charge < -0.3 is 9.47 Å². The monoisotopic (exact) mass is 570 g/mol. The maximum absolute atomic E-state index is 13.6. The first kappa shape index (κ1) is 21.7. The van der Waals surface area contributed by atoms with Crippen molar-refractivity contribution < 1.29 is 27.0 Å². The van der Waals surface area contributed by atoms with Crippen LogP contribution in [0.2, 0.25) is 0 Å². The van der Waals surface area contributed by atoms with Crippen LogP contribution in [0.1, 0.15) is 0 Å². The lowest BCUT2D eigenvalue weighted by Gasteiger charge is -2.01. The second-order valence-corrected chi connectivity index (χ2v) is 8.25. The fourth-order valence-electron chi connectivity index (χ4n) is 3.54. The number of rotatable bonds is 2. The van der Waals surface area contributed by atoms with Crippen molar-refractivity contribution in [2.75, 3.05) is 13.2 Å².